The third-order valence-corrected chi connectivity index (χ3v) is 3.05. The maximum Gasteiger partial charge on any atom is 0.308 e. The average molecular weight is 231 g/mol. The predicted octanol–water partition coefficient (Wildman–Crippen LogP) is -0.0257. The van der Waals surface area contributed by atoms with Crippen LogP contribution in [0.2, 0.25) is 0 Å². The van der Waals surface area contributed by atoms with Gasteiger partial charge in [-0.05, 0) is 6.92 Å². The molecule has 1 rings (SSSR count). The first-order chi connectivity index (χ1) is 7.02. The van der Waals surface area contributed by atoms with Crippen molar-refractivity contribution in [2.24, 2.45) is 0 Å². The molecular weight excluding hydrogens is 218 g/mol. The van der Waals surface area contributed by atoms with Crippen LogP contribution in [0, 0.1) is 6.92 Å². The molecular formula is C9H13NO4S. The molecule has 5 nitrogen and oxygen atoms in total. The van der Waals surface area contributed by atoms with Crippen molar-refractivity contribution in [1.82, 2.24) is 4.98 Å². The van der Waals surface area contributed by atoms with Crippen LogP contribution in [0.15, 0.2) is 0 Å². The summed E-state index contributed by atoms with van der Waals surface area (Å²) in [4.78, 5) is 15.3. The highest BCUT2D eigenvalue weighted by molar-refractivity contribution is 7.11. The second-order valence-electron chi connectivity index (χ2n) is 3.23. The summed E-state index contributed by atoms with van der Waals surface area (Å²) < 4.78 is 0. The van der Waals surface area contributed by atoms with Crippen LogP contribution < -0.4 is 0 Å². The summed E-state index contributed by atoms with van der Waals surface area (Å²) in [5, 5.41) is 27.1. The van der Waals surface area contributed by atoms with Gasteiger partial charge in [-0.2, -0.15) is 0 Å². The number of hydrogen-bond donors (Lipinski definition) is 3. The molecule has 84 valence electrons. The van der Waals surface area contributed by atoms with Crippen molar-refractivity contribution in [3.05, 3.63) is 15.6 Å². The fraction of sp³-hybridized carbons (Fsp3) is 0.556. The Bertz CT molecular complexity index is 350. The summed E-state index contributed by atoms with van der Waals surface area (Å²) in [5.41, 5.74) is 0.683. The number of aliphatic hydroxyl groups is 2. The maximum atomic E-state index is 10.5. The lowest BCUT2D eigenvalue weighted by atomic mass is 10.3. The van der Waals surface area contributed by atoms with E-state index < -0.39 is 12.1 Å². The Morgan fingerprint density at radius 3 is 2.80 bits per heavy atom. The van der Waals surface area contributed by atoms with Gasteiger partial charge in [0, 0.05) is 11.3 Å². The molecule has 0 aliphatic rings. The number of aromatic nitrogens is 1. The van der Waals surface area contributed by atoms with Gasteiger partial charge in [-0.15, -0.1) is 11.3 Å². The Kier molecular flexibility index (Phi) is 4.19. The summed E-state index contributed by atoms with van der Waals surface area (Å²) in [7, 11) is 0. The zero-order chi connectivity index (χ0) is 11.4. The summed E-state index contributed by atoms with van der Waals surface area (Å²) >= 11 is 1.27. The number of aliphatic carboxylic acids is 1. The largest absolute Gasteiger partial charge is 0.481 e. The highest BCUT2D eigenvalue weighted by atomic mass is 32.1. The van der Waals surface area contributed by atoms with Crippen molar-refractivity contribution in [2.75, 3.05) is 6.61 Å². The van der Waals surface area contributed by atoms with E-state index in [9.17, 15) is 9.90 Å². The minimum absolute atomic E-state index is 0.0429. The lowest BCUT2D eigenvalue weighted by Gasteiger charge is -2.02. The first kappa shape index (κ1) is 12.1. The van der Waals surface area contributed by atoms with Gasteiger partial charge in [0.2, 0.25) is 0 Å². The fourth-order valence-electron chi connectivity index (χ4n) is 1.14. The van der Waals surface area contributed by atoms with Gasteiger partial charge in [-0.25, -0.2) is 4.98 Å². The van der Waals surface area contributed by atoms with Gasteiger partial charge in [0.15, 0.2) is 0 Å². The van der Waals surface area contributed by atoms with Gasteiger partial charge < -0.3 is 15.3 Å². The van der Waals surface area contributed by atoms with Gasteiger partial charge in [0.1, 0.15) is 0 Å². The second kappa shape index (κ2) is 5.20. The predicted molar refractivity (Wildman–Crippen MR) is 55.0 cm³/mol. The van der Waals surface area contributed by atoms with E-state index in [4.69, 9.17) is 10.2 Å². The molecule has 0 amide bonds. The van der Waals surface area contributed by atoms with Crippen molar-refractivity contribution >= 4 is 17.3 Å². The number of nitrogens with zero attached hydrogens (tertiary/aromatic N) is 1. The molecule has 0 saturated carbocycles. The molecule has 0 bridgehead atoms. The smallest absolute Gasteiger partial charge is 0.308 e. The number of carbonyl (C=O) groups is 1. The highest BCUT2D eigenvalue weighted by Crippen LogP contribution is 2.19. The summed E-state index contributed by atoms with van der Waals surface area (Å²) in [6.45, 7) is 1.43. The number of rotatable bonds is 5. The van der Waals surface area contributed by atoms with E-state index >= 15 is 0 Å². The van der Waals surface area contributed by atoms with E-state index in [1.54, 1.807) is 6.92 Å². The van der Waals surface area contributed by atoms with Crippen LogP contribution in [0.4, 0.5) is 0 Å². The van der Waals surface area contributed by atoms with Crippen molar-refractivity contribution in [1.29, 1.82) is 0 Å². The minimum atomic E-state index is -0.893. The minimum Gasteiger partial charge on any atom is -0.481 e. The van der Waals surface area contributed by atoms with E-state index in [0.717, 1.165) is 0 Å². The number of carboxylic acid groups (broad SMARTS) is 1. The Morgan fingerprint density at radius 2 is 2.27 bits per heavy atom. The molecule has 0 saturated heterocycles. The Labute approximate surface area is 91.0 Å². The van der Waals surface area contributed by atoms with E-state index in [1.807, 2.05) is 0 Å². The number of carboxylic acids is 1. The van der Waals surface area contributed by atoms with Crippen LogP contribution in [0.25, 0.3) is 0 Å². The third-order valence-electron chi connectivity index (χ3n) is 1.87. The van der Waals surface area contributed by atoms with Crippen LogP contribution >= 0.6 is 11.3 Å². The van der Waals surface area contributed by atoms with Gasteiger partial charge in [0.05, 0.1) is 29.8 Å². The van der Waals surface area contributed by atoms with E-state index in [1.165, 1.54) is 11.3 Å². The molecule has 0 aliphatic carbocycles. The monoisotopic (exact) mass is 231 g/mol. The van der Waals surface area contributed by atoms with Crippen LogP contribution in [-0.2, 0) is 17.6 Å². The van der Waals surface area contributed by atoms with E-state index in [0.29, 0.717) is 15.6 Å². The Hall–Kier alpha value is -0.980. The van der Waals surface area contributed by atoms with Crippen molar-refractivity contribution in [3.8, 4) is 0 Å². The molecule has 1 atom stereocenters. The van der Waals surface area contributed by atoms with Gasteiger partial charge in [-0.1, -0.05) is 0 Å². The van der Waals surface area contributed by atoms with Gasteiger partial charge in [0.25, 0.3) is 0 Å². The molecule has 1 aromatic rings. The SMILES string of the molecule is Cc1nc(CC(O)CO)sc1CC(=O)O. The standard InChI is InChI=1S/C9H13NO4S/c1-5-7(3-9(13)14)15-8(10-5)2-6(12)4-11/h6,11-12H,2-4H2,1H3,(H,13,14). The second-order valence-corrected chi connectivity index (χ2v) is 4.40. The lowest BCUT2D eigenvalue weighted by Crippen LogP contribution is -2.14. The van der Waals surface area contributed by atoms with E-state index in [2.05, 4.69) is 4.98 Å². The van der Waals surface area contributed by atoms with E-state index in [-0.39, 0.29) is 19.4 Å². The number of aliphatic hydroxyl groups excluding tert-OH is 2. The maximum absolute atomic E-state index is 10.5. The topological polar surface area (TPSA) is 90.7 Å². The first-order valence-electron chi connectivity index (χ1n) is 4.48. The number of thiazole rings is 1. The molecule has 1 aromatic heterocycles. The lowest BCUT2D eigenvalue weighted by molar-refractivity contribution is -0.136. The molecule has 0 spiro atoms. The van der Waals surface area contributed by atoms with Gasteiger partial charge in [-0.3, -0.25) is 4.79 Å². The van der Waals surface area contributed by atoms with Crippen LogP contribution in [-0.4, -0.2) is 39.0 Å². The molecule has 15 heavy (non-hydrogen) atoms. The van der Waals surface area contributed by atoms with Crippen molar-refractivity contribution < 1.29 is 20.1 Å². The fourth-order valence-corrected chi connectivity index (χ4v) is 2.27. The third kappa shape index (κ3) is 3.58. The summed E-state index contributed by atoms with van der Waals surface area (Å²) in [6, 6.07) is 0. The normalized spacial score (nSPS) is 12.7. The Morgan fingerprint density at radius 1 is 1.60 bits per heavy atom. The highest BCUT2D eigenvalue weighted by Gasteiger charge is 2.13. The molecule has 0 aromatic carbocycles. The van der Waals surface area contributed by atoms with Crippen LogP contribution in [0.3, 0.4) is 0 Å². The zero-order valence-electron chi connectivity index (χ0n) is 8.30. The van der Waals surface area contributed by atoms with Crippen LogP contribution in [0.1, 0.15) is 15.6 Å². The number of hydrogen-bond acceptors (Lipinski definition) is 5. The quantitative estimate of drug-likeness (QED) is 0.662. The van der Waals surface area contributed by atoms with Gasteiger partial charge >= 0.3 is 5.97 Å². The molecule has 1 heterocycles. The van der Waals surface area contributed by atoms with Crippen molar-refractivity contribution in [2.45, 2.75) is 25.9 Å². The summed E-state index contributed by atoms with van der Waals surface area (Å²) in [6.07, 6.45) is -0.603. The molecule has 6 heteroatoms. The molecule has 3 N–H and O–H groups in total. The molecule has 0 fully saturated rings. The molecule has 0 aliphatic heterocycles. The Balaban J connectivity index is 2.72. The zero-order valence-corrected chi connectivity index (χ0v) is 9.12. The average Bonchev–Trinajstić information content (AvgIpc) is 2.45. The van der Waals surface area contributed by atoms with Crippen molar-refractivity contribution in [3.63, 3.8) is 0 Å². The molecule has 1 unspecified atom stereocenters. The van der Waals surface area contributed by atoms with Crippen LogP contribution in [0.5, 0.6) is 0 Å². The molecule has 0 radical (unpaired) electrons. The first-order valence-corrected chi connectivity index (χ1v) is 5.30. The number of aryl methyl sites for hydroxylation is 1. The summed E-state index contributed by atoms with van der Waals surface area (Å²) in [5.74, 6) is -0.893.